The van der Waals surface area contributed by atoms with Gasteiger partial charge >= 0.3 is 34.6 Å². The van der Waals surface area contributed by atoms with Crippen molar-refractivity contribution in [1.29, 1.82) is 0 Å². The number of rotatable bonds is 0. The van der Waals surface area contributed by atoms with Crippen LogP contribution in [0.15, 0.2) is 0 Å². The molecule has 0 aliphatic heterocycles. The van der Waals surface area contributed by atoms with E-state index in [-0.39, 0.29) is 34.0 Å². The molecule has 0 saturated heterocycles. The molecule has 0 radical (unpaired) electrons. The van der Waals surface area contributed by atoms with Gasteiger partial charge in [-0.05, 0) is 0 Å². The van der Waals surface area contributed by atoms with E-state index >= 15 is 0 Å². The summed E-state index contributed by atoms with van der Waals surface area (Å²) in [6.07, 6.45) is 0. The van der Waals surface area contributed by atoms with Crippen molar-refractivity contribution >= 4 is 34.6 Å². The first kappa shape index (κ1) is 31.4. The van der Waals surface area contributed by atoms with Crippen LogP contribution in [0.4, 0.5) is 0 Å². The van der Waals surface area contributed by atoms with Gasteiger partial charge in [-0.1, -0.05) is 0 Å². The molecule has 0 aromatic heterocycles. The molecule has 2 N–H and O–H groups in total. The van der Waals surface area contributed by atoms with Gasteiger partial charge in [-0.25, -0.2) is 0 Å². The fourth-order valence-corrected chi connectivity index (χ4v) is 0. The summed E-state index contributed by atoms with van der Waals surface area (Å²) in [5.41, 5.74) is 0. The summed E-state index contributed by atoms with van der Waals surface area (Å²) in [7, 11) is 0. The van der Waals surface area contributed by atoms with Crippen molar-refractivity contribution < 1.29 is 19.4 Å². The van der Waals surface area contributed by atoms with Crippen molar-refractivity contribution in [3.63, 3.8) is 0 Å². The summed E-state index contributed by atoms with van der Waals surface area (Å²) < 4.78 is 16.6. The number of hydrogen-bond donors (Lipinski definition) is 0. The Labute approximate surface area is 54.3 Å². The first-order valence-corrected chi connectivity index (χ1v) is 1.00. The summed E-state index contributed by atoms with van der Waals surface area (Å²) in [5, 5.41) is 0. The molecule has 34 valence electrons. The van der Waals surface area contributed by atoms with Crippen LogP contribution in [0.5, 0.6) is 0 Å². The van der Waals surface area contributed by atoms with Crippen molar-refractivity contribution in [1.82, 2.24) is 0 Å². The SMILES string of the molecule is O=S=O.[Mg+2].[OH-].[OH-]. The summed E-state index contributed by atoms with van der Waals surface area (Å²) in [5.74, 6) is 0. The fraction of sp³-hybridized carbons (Fsp3) is 0. The summed E-state index contributed by atoms with van der Waals surface area (Å²) in [6.45, 7) is 0. The van der Waals surface area contributed by atoms with Crippen LogP contribution in [0, 0.1) is 0 Å². The van der Waals surface area contributed by atoms with Crippen LogP contribution in [0.2, 0.25) is 0 Å². The molecule has 0 bridgehead atoms. The molecule has 0 aliphatic carbocycles. The third-order valence-corrected chi connectivity index (χ3v) is 0. The molecule has 0 atom stereocenters. The van der Waals surface area contributed by atoms with E-state index in [0.717, 1.165) is 0 Å². The normalized spacial score (nSPS) is 2.00. The second-order valence-corrected chi connectivity index (χ2v) is 0.204. The predicted octanol–water partition coefficient (Wildman–Crippen LogP) is -1.40. The largest absolute Gasteiger partial charge is 2.00 e. The van der Waals surface area contributed by atoms with E-state index in [2.05, 4.69) is 0 Å². The van der Waals surface area contributed by atoms with Crippen LogP contribution in [-0.2, 0) is 11.6 Å². The van der Waals surface area contributed by atoms with Crippen molar-refractivity contribution in [3.8, 4) is 0 Å². The van der Waals surface area contributed by atoms with E-state index in [0.29, 0.717) is 0 Å². The monoisotopic (exact) mass is 122 g/mol. The third kappa shape index (κ3) is 216. The minimum Gasteiger partial charge on any atom is -0.870 e. The van der Waals surface area contributed by atoms with Gasteiger partial charge < -0.3 is 11.0 Å². The summed E-state index contributed by atoms with van der Waals surface area (Å²) in [4.78, 5) is 0. The van der Waals surface area contributed by atoms with Crippen LogP contribution in [-0.4, -0.2) is 42.4 Å². The number of hydrogen-bond acceptors (Lipinski definition) is 4. The van der Waals surface area contributed by atoms with E-state index in [1.807, 2.05) is 0 Å². The van der Waals surface area contributed by atoms with Crippen LogP contribution in [0.3, 0.4) is 0 Å². The molecular formula is H2MgO4S. The Morgan fingerprint density at radius 3 is 1.00 bits per heavy atom. The van der Waals surface area contributed by atoms with Crippen LogP contribution in [0.25, 0.3) is 0 Å². The zero-order valence-electron chi connectivity index (χ0n) is 2.83. The molecule has 6 heteroatoms. The maximum atomic E-state index is 8.29. The average molecular weight is 122 g/mol. The van der Waals surface area contributed by atoms with Crippen LogP contribution >= 0.6 is 0 Å². The molecule has 0 aromatic rings. The Hall–Kier alpha value is 0.506. The van der Waals surface area contributed by atoms with Crippen LogP contribution < -0.4 is 0 Å². The van der Waals surface area contributed by atoms with Crippen LogP contribution in [0.1, 0.15) is 0 Å². The Balaban J connectivity index is -0.00000000667. The van der Waals surface area contributed by atoms with Crippen molar-refractivity contribution in [2.75, 3.05) is 0 Å². The molecular weight excluding hydrogens is 120 g/mol. The van der Waals surface area contributed by atoms with Gasteiger partial charge in [0.2, 0.25) is 0 Å². The summed E-state index contributed by atoms with van der Waals surface area (Å²) >= 11 is -0.750. The minimum absolute atomic E-state index is 0. The maximum absolute atomic E-state index is 8.29. The molecule has 0 fully saturated rings. The van der Waals surface area contributed by atoms with E-state index in [9.17, 15) is 0 Å². The van der Waals surface area contributed by atoms with E-state index in [4.69, 9.17) is 8.42 Å². The first-order chi connectivity index (χ1) is 1.41. The molecule has 0 aliphatic rings. The molecule has 0 aromatic carbocycles. The zero-order chi connectivity index (χ0) is 2.71. The molecule has 0 saturated carbocycles. The van der Waals surface area contributed by atoms with Gasteiger partial charge in [-0.15, -0.1) is 0 Å². The molecule has 0 spiro atoms. The maximum Gasteiger partial charge on any atom is 2.00 e. The molecule has 4 nitrogen and oxygen atoms in total. The van der Waals surface area contributed by atoms with E-state index in [1.165, 1.54) is 0 Å². The Morgan fingerprint density at radius 1 is 1.00 bits per heavy atom. The van der Waals surface area contributed by atoms with Crippen molar-refractivity contribution in [2.24, 2.45) is 0 Å². The Kier molecular flexibility index (Phi) is 258. The van der Waals surface area contributed by atoms with Crippen molar-refractivity contribution in [2.45, 2.75) is 0 Å². The van der Waals surface area contributed by atoms with Gasteiger partial charge in [0.1, 0.15) is 0 Å². The zero-order valence-corrected chi connectivity index (χ0v) is 5.06. The predicted molar refractivity (Wildman–Crippen MR) is 18.5 cm³/mol. The molecule has 0 rings (SSSR count). The molecule has 6 heavy (non-hydrogen) atoms. The van der Waals surface area contributed by atoms with Gasteiger partial charge in [0.05, 0.1) is 0 Å². The standard InChI is InChI=1S/Mg.O2S.2H2O/c;1-3-2;;/h;;2*1H2/q+2;;;/p-2. The second kappa shape index (κ2) is 49.3. The van der Waals surface area contributed by atoms with Gasteiger partial charge in [-0.2, -0.15) is 8.42 Å². The fourth-order valence-electron chi connectivity index (χ4n) is 0. The smallest absolute Gasteiger partial charge is 0.870 e. The average Bonchev–Trinajstić information content (AvgIpc) is 0.918. The van der Waals surface area contributed by atoms with Gasteiger partial charge in [0.25, 0.3) is 0 Å². The Morgan fingerprint density at radius 2 is 1.00 bits per heavy atom. The molecule has 0 heterocycles. The van der Waals surface area contributed by atoms with Gasteiger partial charge in [0.15, 0.2) is 0 Å². The van der Waals surface area contributed by atoms with Crippen molar-refractivity contribution in [3.05, 3.63) is 0 Å². The molecule has 0 amide bonds. The van der Waals surface area contributed by atoms with Gasteiger partial charge in [-0.3, -0.25) is 0 Å². The van der Waals surface area contributed by atoms with Gasteiger partial charge in [0, 0.05) is 0 Å². The Bertz CT molecular complexity index is 28.5. The quantitative estimate of drug-likeness (QED) is 0.369. The molecule has 0 unspecified atom stereocenters. The second-order valence-electron chi connectivity index (χ2n) is 0.0680. The summed E-state index contributed by atoms with van der Waals surface area (Å²) in [6, 6.07) is 0. The topological polar surface area (TPSA) is 94.1 Å². The first-order valence-electron chi connectivity index (χ1n) is 0.333. The van der Waals surface area contributed by atoms with E-state index in [1.54, 1.807) is 0 Å². The van der Waals surface area contributed by atoms with E-state index < -0.39 is 11.6 Å². The minimum atomic E-state index is -0.750. The third-order valence-electron chi connectivity index (χ3n) is 0.